The van der Waals surface area contributed by atoms with E-state index in [1.807, 2.05) is 29.2 Å². The molecule has 1 N–H and O–H groups in total. The molecule has 1 heterocycles. The molecule has 8 heteroatoms. The average molecular weight is 494 g/mol. The number of carboxylic acid groups (broad SMARTS) is 1. The molecule has 1 unspecified atom stereocenters. The lowest BCUT2D eigenvalue weighted by Gasteiger charge is -2.43. The number of halogens is 4. The summed E-state index contributed by atoms with van der Waals surface area (Å²) in [6.07, 6.45) is 0. The summed E-state index contributed by atoms with van der Waals surface area (Å²) in [5.41, 5.74) is 2.16. The van der Waals surface area contributed by atoms with Crippen LogP contribution in [0.3, 0.4) is 0 Å². The Balaban J connectivity index is 0.00000196. The van der Waals surface area contributed by atoms with Crippen molar-refractivity contribution >= 4 is 46.7 Å². The van der Waals surface area contributed by atoms with Crippen molar-refractivity contribution in [2.45, 2.75) is 19.0 Å². The van der Waals surface area contributed by atoms with Gasteiger partial charge in [0.2, 0.25) is 0 Å². The molecule has 1 aliphatic rings. The van der Waals surface area contributed by atoms with Crippen LogP contribution in [-0.2, 0) is 4.79 Å². The van der Waals surface area contributed by atoms with Gasteiger partial charge in [0.25, 0.3) is 0 Å². The van der Waals surface area contributed by atoms with Crippen molar-refractivity contribution in [3.8, 4) is 0 Å². The van der Waals surface area contributed by atoms with Crippen LogP contribution in [0.1, 0.15) is 24.1 Å². The molecule has 0 bridgehead atoms. The Morgan fingerprint density at radius 1 is 1.18 bits per heavy atom. The zero-order chi connectivity index (χ0) is 18.7. The van der Waals surface area contributed by atoms with Gasteiger partial charge >= 0.3 is 5.97 Å². The Bertz CT molecular complexity index is 779. The maximum atomic E-state index is 13.4. The second kappa shape index (κ2) is 11.1. The molecule has 0 saturated carbocycles. The minimum absolute atomic E-state index is 0. The van der Waals surface area contributed by atoms with E-state index in [4.69, 9.17) is 5.11 Å². The largest absolute Gasteiger partial charge is 0.480 e. The number of benzene rings is 2. The molecule has 0 radical (unpaired) electrons. The molecule has 1 aliphatic heterocycles. The van der Waals surface area contributed by atoms with Crippen LogP contribution >= 0.6 is 40.7 Å². The van der Waals surface area contributed by atoms with Crippen LogP contribution < -0.4 is 0 Å². The molecule has 1 fully saturated rings. The van der Waals surface area contributed by atoms with E-state index in [0.717, 1.165) is 28.7 Å². The molecular formula is C20H24BrCl2FN2O2. The lowest BCUT2D eigenvalue weighted by molar-refractivity contribution is -0.139. The Kier molecular flexibility index (Phi) is 9.87. The Labute approximate surface area is 185 Å². The molecule has 0 aliphatic carbocycles. The molecular weight excluding hydrogens is 470 g/mol. The van der Waals surface area contributed by atoms with Crippen LogP contribution in [0.25, 0.3) is 0 Å². The summed E-state index contributed by atoms with van der Waals surface area (Å²) < 4.78 is 14.4. The van der Waals surface area contributed by atoms with Crippen molar-refractivity contribution in [1.29, 1.82) is 0 Å². The predicted molar refractivity (Wildman–Crippen MR) is 117 cm³/mol. The summed E-state index contributed by atoms with van der Waals surface area (Å²) in [6.45, 7) is 4.32. The first kappa shape index (κ1) is 24.9. The first-order chi connectivity index (χ1) is 12.4. The SMILES string of the molecule is C[C@@H]1CN(C(c2ccc(F)cc2)c2cccc(Br)c2)CCN1CC(=O)O.Cl.Cl. The van der Waals surface area contributed by atoms with Crippen LogP contribution in [0.2, 0.25) is 0 Å². The van der Waals surface area contributed by atoms with Gasteiger partial charge in [-0.15, -0.1) is 24.8 Å². The summed E-state index contributed by atoms with van der Waals surface area (Å²) in [6, 6.07) is 14.9. The number of rotatable bonds is 5. The molecule has 2 aromatic carbocycles. The van der Waals surface area contributed by atoms with Gasteiger partial charge in [0, 0.05) is 30.1 Å². The van der Waals surface area contributed by atoms with Gasteiger partial charge in [-0.25, -0.2) is 4.39 Å². The summed E-state index contributed by atoms with van der Waals surface area (Å²) in [5.74, 6) is -1.05. The molecule has 4 nitrogen and oxygen atoms in total. The lowest BCUT2D eigenvalue weighted by atomic mass is 9.95. The Hall–Kier alpha value is -1.18. The molecule has 2 aromatic rings. The van der Waals surface area contributed by atoms with Gasteiger partial charge < -0.3 is 5.11 Å². The second-order valence-corrected chi connectivity index (χ2v) is 7.63. The third-order valence-electron chi connectivity index (χ3n) is 4.85. The highest BCUT2D eigenvalue weighted by Crippen LogP contribution is 2.32. The van der Waals surface area contributed by atoms with E-state index in [9.17, 15) is 9.18 Å². The number of carboxylic acids is 1. The van der Waals surface area contributed by atoms with Crippen molar-refractivity contribution in [3.63, 3.8) is 0 Å². The number of hydrogen-bond acceptors (Lipinski definition) is 3. The number of nitrogens with zero attached hydrogens (tertiary/aromatic N) is 2. The fourth-order valence-corrected chi connectivity index (χ4v) is 4.02. The van der Waals surface area contributed by atoms with Crippen molar-refractivity contribution in [3.05, 3.63) is 69.9 Å². The van der Waals surface area contributed by atoms with E-state index >= 15 is 0 Å². The quantitative estimate of drug-likeness (QED) is 0.660. The molecule has 2 atom stereocenters. The van der Waals surface area contributed by atoms with Crippen LogP contribution in [0.5, 0.6) is 0 Å². The fourth-order valence-electron chi connectivity index (χ4n) is 3.60. The molecule has 0 spiro atoms. The van der Waals surface area contributed by atoms with Gasteiger partial charge in [-0.3, -0.25) is 14.6 Å². The third kappa shape index (κ3) is 6.16. The molecule has 0 aromatic heterocycles. The number of carbonyl (C=O) groups is 1. The van der Waals surface area contributed by atoms with Gasteiger partial charge in [0.15, 0.2) is 0 Å². The third-order valence-corrected chi connectivity index (χ3v) is 5.34. The van der Waals surface area contributed by atoms with Gasteiger partial charge in [-0.1, -0.05) is 40.2 Å². The van der Waals surface area contributed by atoms with Crippen LogP contribution in [0.4, 0.5) is 4.39 Å². The first-order valence-electron chi connectivity index (χ1n) is 8.65. The highest BCUT2D eigenvalue weighted by atomic mass is 79.9. The molecule has 3 rings (SSSR count). The van der Waals surface area contributed by atoms with Crippen LogP contribution in [0, 0.1) is 5.82 Å². The minimum atomic E-state index is -0.799. The number of aliphatic carboxylic acids is 1. The van der Waals surface area contributed by atoms with Crippen molar-refractivity contribution < 1.29 is 14.3 Å². The molecule has 1 saturated heterocycles. The van der Waals surface area contributed by atoms with E-state index in [0.29, 0.717) is 6.54 Å². The van der Waals surface area contributed by atoms with Crippen LogP contribution in [-0.4, -0.2) is 53.1 Å². The first-order valence-corrected chi connectivity index (χ1v) is 9.44. The summed E-state index contributed by atoms with van der Waals surface area (Å²) in [4.78, 5) is 15.4. The minimum Gasteiger partial charge on any atom is -0.480 e. The zero-order valence-corrected chi connectivity index (χ0v) is 18.6. The van der Waals surface area contributed by atoms with Gasteiger partial charge in [-0.2, -0.15) is 0 Å². The normalized spacial score (nSPS) is 18.6. The van der Waals surface area contributed by atoms with Crippen molar-refractivity contribution in [2.24, 2.45) is 0 Å². The summed E-state index contributed by atoms with van der Waals surface area (Å²) in [5, 5.41) is 9.08. The monoisotopic (exact) mass is 492 g/mol. The lowest BCUT2D eigenvalue weighted by Crippen LogP contribution is -2.54. The number of hydrogen-bond donors (Lipinski definition) is 1. The van der Waals surface area contributed by atoms with E-state index < -0.39 is 5.97 Å². The second-order valence-electron chi connectivity index (χ2n) is 6.72. The molecule has 154 valence electrons. The van der Waals surface area contributed by atoms with Gasteiger partial charge in [-0.05, 0) is 42.3 Å². The standard InChI is InChI=1S/C20H22BrFN2O2.2ClH/c1-14-12-24(10-9-23(14)13-19(25)26)20(15-5-7-18(22)8-6-15)16-3-2-4-17(21)11-16;;/h2-8,11,14,20H,9-10,12-13H2,1H3,(H,25,26);2*1H/t14-,20?;;/m1../s1. The zero-order valence-electron chi connectivity index (χ0n) is 15.4. The molecule has 0 amide bonds. The molecule has 28 heavy (non-hydrogen) atoms. The van der Waals surface area contributed by atoms with Crippen LogP contribution in [0.15, 0.2) is 53.0 Å². The van der Waals surface area contributed by atoms with Gasteiger partial charge in [0.1, 0.15) is 5.82 Å². The predicted octanol–water partition coefficient (Wildman–Crippen LogP) is 4.61. The average Bonchev–Trinajstić information content (AvgIpc) is 2.59. The van der Waals surface area contributed by atoms with Gasteiger partial charge in [0.05, 0.1) is 12.6 Å². The smallest absolute Gasteiger partial charge is 0.317 e. The van der Waals surface area contributed by atoms with E-state index in [2.05, 4.69) is 39.9 Å². The summed E-state index contributed by atoms with van der Waals surface area (Å²) in [7, 11) is 0. The van der Waals surface area contributed by atoms with Crippen molar-refractivity contribution in [2.75, 3.05) is 26.2 Å². The highest BCUT2D eigenvalue weighted by molar-refractivity contribution is 9.10. The fraction of sp³-hybridized carbons (Fsp3) is 0.350. The Morgan fingerprint density at radius 2 is 1.86 bits per heavy atom. The highest BCUT2D eigenvalue weighted by Gasteiger charge is 2.31. The Morgan fingerprint density at radius 3 is 2.43 bits per heavy atom. The maximum Gasteiger partial charge on any atom is 0.317 e. The van der Waals surface area contributed by atoms with E-state index in [-0.39, 0.29) is 49.3 Å². The van der Waals surface area contributed by atoms with E-state index in [1.54, 1.807) is 0 Å². The number of piperazine rings is 1. The van der Waals surface area contributed by atoms with Crippen molar-refractivity contribution in [1.82, 2.24) is 9.80 Å². The maximum absolute atomic E-state index is 13.4. The van der Waals surface area contributed by atoms with E-state index in [1.165, 1.54) is 12.1 Å². The summed E-state index contributed by atoms with van der Waals surface area (Å²) >= 11 is 3.54. The topological polar surface area (TPSA) is 43.8 Å².